The second-order valence-electron chi connectivity index (χ2n) is 4.79. The van der Waals surface area contributed by atoms with E-state index in [1.54, 1.807) is 13.8 Å². The molecule has 8 heteroatoms. The second kappa shape index (κ2) is 6.76. The molecular weight excluding hydrogens is 305 g/mol. The molecule has 0 aromatic heterocycles. The molecule has 1 aromatic rings. The highest BCUT2D eigenvalue weighted by Crippen LogP contribution is 2.35. The van der Waals surface area contributed by atoms with Crippen molar-refractivity contribution in [1.82, 2.24) is 4.31 Å². The number of halogens is 3. The standard InChI is InChI=1S/C13H19F3N2O2S/c1-3-18(9-10(2)8-17)21(19,20)12-7-5-4-6-11(12)13(14,15)16/h4-7,10H,3,8-9,17H2,1-2H3. The minimum atomic E-state index is -4.72. The van der Waals surface area contributed by atoms with Crippen LogP contribution in [0.1, 0.15) is 19.4 Å². The summed E-state index contributed by atoms with van der Waals surface area (Å²) in [6, 6.07) is 4.20. The average molecular weight is 324 g/mol. The molecule has 21 heavy (non-hydrogen) atoms. The third kappa shape index (κ3) is 4.18. The summed E-state index contributed by atoms with van der Waals surface area (Å²) in [6.45, 7) is 3.75. The molecule has 0 aliphatic carbocycles. The van der Waals surface area contributed by atoms with Crippen LogP contribution in [-0.4, -0.2) is 32.4 Å². The van der Waals surface area contributed by atoms with Crippen LogP contribution in [0.2, 0.25) is 0 Å². The van der Waals surface area contributed by atoms with Crippen molar-refractivity contribution in [1.29, 1.82) is 0 Å². The Labute approximate surface area is 122 Å². The predicted molar refractivity (Wildman–Crippen MR) is 74.1 cm³/mol. The number of nitrogens with two attached hydrogens (primary N) is 1. The van der Waals surface area contributed by atoms with Gasteiger partial charge in [-0.3, -0.25) is 0 Å². The molecule has 0 amide bonds. The van der Waals surface area contributed by atoms with Gasteiger partial charge in [0.15, 0.2) is 0 Å². The Morgan fingerprint density at radius 2 is 1.86 bits per heavy atom. The van der Waals surface area contributed by atoms with Crippen molar-refractivity contribution < 1.29 is 21.6 Å². The Morgan fingerprint density at radius 1 is 1.29 bits per heavy atom. The summed E-state index contributed by atoms with van der Waals surface area (Å²) in [6.07, 6.45) is -4.72. The second-order valence-corrected chi connectivity index (χ2v) is 6.70. The van der Waals surface area contributed by atoms with Crippen LogP contribution >= 0.6 is 0 Å². The van der Waals surface area contributed by atoms with Gasteiger partial charge in [0, 0.05) is 13.1 Å². The van der Waals surface area contributed by atoms with Crippen molar-refractivity contribution >= 4 is 10.0 Å². The zero-order valence-corrected chi connectivity index (χ0v) is 12.7. The maximum Gasteiger partial charge on any atom is 0.417 e. The first-order chi connectivity index (χ1) is 9.64. The first-order valence-corrected chi connectivity index (χ1v) is 7.95. The number of benzene rings is 1. The highest BCUT2D eigenvalue weighted by atomic mass is 32.2. The van der Waals surface area contributed by atoms with Gasteiger partial charge in [-0.05, 0) is 24.6 Å². The highest BCUT2D eigenvalue weighted by molar-refractivity contribution is 7.89. The van der Waals surface area contributed by atoms with Gasteiger partial charge >= 0.3 is 6.18 Å². The van der Waals surface area contributed by atoms with Gasteiger partial charge in [0.05, 0.1) is 10.5 Å². The van der Waals surface area contributed by atoms with Crippen molar-refractivity contribution in [2.75, 3.05) is 19.6 Å². The SMILES string of the molecule is CCN(CC(C)CN)S(=O)(=O)c1ccccc1C(F)(F)F. The lowest BCUT2D eigenvalue weighted by atomic mass is 10.2. The van der Waals surface area contributed by atoms with E-state index in [4.69, 9.17) is 5.73 Å². The van der Waals surface area contributed by atoms with Gasteiger partial charge in [0.1, 0.15) is 0 Å². The number of rotatable bonds is 6. The summed E-state index contributed by atoms with van der Waals surface area (Å²) in [4.78, 5) is -0.719. The van der Waals surface area contributed by atoms with Gasteiger partial charge in [-0.15, -0.1) is 0 Å². The number of hydrogen-bond acceptors (Lipinski definition) is 3. The van der Waals surface area contributed by atoms with Gasteiger partial charge in [0.2, 0.25) is 10.0 Å². The van der Waals surface area contributed by atoms with Crippen molar-refractivity contribution in [2.45, 2.75) is 24.9 Å². The Kier molecular flexibility index (Phi) is 5.77. The highest BCUT2D eigenvalue weighted by Gasteiger charge is 2.38. The first-order valence-electron chi connectivity index (χ1n) is 6.51. The summed E-state index contributed by atoms with van der Waals surface area (Å²) in [5.74, 6) is -0.141. The first kappa shape index (κ1) is 17.9. The Hall–Kier alpha value is -1.12. The Morgan fingerprint density at radius 3 is 2.33 bits per heavy atom. The predicted octanol–water partition coefficient (Wildman–Crippen LogP) is 2.31. The van der Waals surface area contributed by atoms with Gasteiger partial charge in [-0.1, -0.05) is 26.0 Å². The molecule has 0 saturated heterocycles. The van der Waals surface area contributed by atoms with E-state index in [1.165, 1.54) is 12.1 Å². The van der Waals surface area contributed by atoms with Crippen LogP contribution in [0, 0.1) is 5.92 Å². The van der Waals surface area contributed by atoms with Gasteiger partial charge in [0.25, 0.3) is 0 Å². The summed E-state index contributed by atoms with van der Waals surface area (Å²) in [7, 11) is -4.21. The largest absolute Gasteiger partial charge is 0.417 e. The maximum absolute atomic E-state index is 13.0. The molecule has 0 spiro atoms. The quantitative estimate of drug-likeness (QED) is 0.873. The van der Waals surface area contributed by atoms with E-state index in [1.807, 2.05) is 0 Å². The maximum atomic E-state index is 13.0. The normalized spacial score (nSPS) is 14.4. The molecule has 0 aliphatic heterocycles. The number of alkyl halides is 3. The minimum absolute atomic E-state index is 0.0822. The Bertz CT molecular complexity index is 573. The molecule has 0 saturated carbocycles. The van der Waals surface area contributed by atoms with E-state index in [-0.39, 0.29) is 25.6 Å². The van der Waals surface area contributed by atoms with E-state index >= 15 is 0 Å². The molecule has 1 aromatic carbocycles. The zero-order valence-electron chi connectivity index (χ0n) is 11.9. The lowest BCUT2D eigenvalue weighted by molar-refractivity contribution is -0.139. The van der Waals surface area contributed by atoms with Crippen LogP contribution in [0.25, 0.3) is 0 Å². The molecule has 2 N–H and O–H groups in total. The van der Waals surface area contributed by atoms with Crippen LogP contribution in [-0.2, 0) is 16.2 Å². The van der Waals surface area contributed by atoms with E-state index in [2.05, 4.69) is 0 Å². The molecule has 0 radical (unpaired) electrons. The number of nitrogens with zero attached hydrogens (tertiary/aromatic N) is 1. The van der Waals surface area contributed by atoms with Crippen LogP contribution in [0.3, 0.4) is 0 Å². The Balaban J connectivity index is 3.30. The lowest BCUT2D eigenvalue weighted by Crippen LogP contribution is -2.37. The van der Waals surface area contributed by atoms with Crippen LogP contribution in [0.4, 0.5) is 13.2 Å². The number of hydrogen-bond donors (Lipinski definition) is 1. The van der Waals surface area contributed by atoms with Crippen molar-refractivity contribution in [3.63, 3.8) is 0 Å². The van der Waals surface area contributed by atoms with E-state index in [9.17, 15) is 21.6 Å². The molecule has 1 atom stereocenters. The summed E-state index contributed by atoms with van der Waals surface area (Å²) in [5.41, 5.74) is 4.31. The third-order valence-electron chi connectivity index (χ3n) is 3.08. The lowest BCUT2D eigenvalue weighted by Gasteiger charge is -2.25. The summed E-state index contributed by atoms with van der Waals surface area (Å²) >= 11 is 0. The fourth-order valence-electron chi connectivity index (χ4n) is 1.88. The molecule has 0 bridgehead atoms. The summed E-state index contributed by atoms with van der Waals surface area (Å²) in [5, 5.41) is 0. The molecule has 4 nitrogen and oxygen atoms in total. The fraction of sp³-hybridized carbons (Fsp3) is 0.538. The molecule has 0 heterocycles. The average Bonchev–Trinajstić information content (AvgIpc) is 2.43. The van der Waals surface area contributed by atoms with Crippen molar-refractivity contribution in [3.05, 3.63) is 29.8 Å². The molecule has 0 fully saturated rings. The van der Waals surface area contributed by atoms with Gasteiger partial charge in [-0.2, -0.15) is 17.5 Å². The zero-order chi connectivity index (χ0) is 16.3. The topological polar surface area (TPSA) is 63.4 Å². The van der Waals surface area contributed by atoms with E-state index < -0.39 is 26.7 Å². The summed E-state index contributed by atoms with van der Waals surface area (Å²) < 4.78 is 64.9. The number of sulfonamides is 1. The van der Waals surface area contributed by atoms with Crippen molar-refractivity contribution in [2.24, 2.45) is 11.7 Å². The van der Waals surface area contributed by atoms with E-state index in [0.717, 1.165) is 16.4 Å². The van der Waals surface area contributed by atoms with E-state index in [0.29, 0.717) is 0 Å². The molecule has 1 unspecified atom stereocenters. The fourth-order valence-corrected chi connectivity index (χ4v) is 3.67. The molecule has 120 valence electrons. The van der Waals surface area contributed by atoms with Gasteiger partial charge in [-0.25, -0.2) is 8.42 Å². The third-order valence-corrected chi connectivity index (χ3v) is 5.08. The van der Waals surface area contributed by atoms with Crippen LogP contribution in [0.15, 0.2) is 29.2 Å². The molecule has 0 aliphatic rings. The van der Waals surface area contributed by atoms with Crippen LogP contribution < -0.4 is 5.73 Å². The monoisotopic (exact) mass is 324 g/mol. The van der Waals surface area contributed by atoms with Crippen molar-refractivity contribution in [3.8, 4) is 0 Å². The minimum Gasteiger partial charge on any atom is -0.330 e. The smallest absolute Gasteiger partial charge is 0.330 e. The molecule has 1 rings (SSSR count). The van der Waals surface area contributed by atoms with Crippen LogP contribution in [0.5, 0.6) is 0 Å². The van der Waals surface area contributed by atoms with Gasteiger partial charge < -0.3 is 5.73 Å². The molecular formula is C13H19F3N2O2S.